The van der Waals surface area contributed by atoms with Crippen LogP contribution in [0.2, 0.25) is 0 Å². The summed E-state index contributed by atoms with van der Waals surface area (Å²) in [6.07, 6.45) is 0.342. The maximum Gasteiger partial charge on any atom is 0.407 e. The Bertz CT molecular complexity index is 732. The maximum atomic E-state index is 12.5. The summed E-state index contributed by atoms with van der Waals surface area (Å²) >= 11 is 0. The molecule has 0 fully saturated rings. The number of carbonyl (C=O) groups excluding carboxylic acids is 2. The summed E-state index contributed by atoms with van der Waals surface area (Å²) in [6, 6.07) is 9.46. The minimum Gasteiger partial charge on any atom is -0.460 e. The van der Waals surface area contributed by atoms with E-state index in [0.717, 1.165) is 12.0 Å². The topological polar surface area (TPSA) is 77.1 Å². The van der Waals surface area contributed by atoms with Gasteiger partial charge in [0.05, 0.1) is 12.5 Å². The van der Waals surface area contributed by atoms with E-state index in [-0.39, 0.29) is 49.0 Å². The van der Waals surface area contributed by atoms with E-state index in [2.05, 4.69) is 37.9 Å². The van der Waals surface area contributed by atoms with Crippen LogP contribution in [0.1, 0.15) is 66.9 Å². The average molecular weight is 479 g/mol. The van der Waals surface area contributed by atoms with Crippen molar-refractivity contribution < 1.29 is 23.8 Å². The number of benzene rings is 1. The molecule has 0 unspecified atom stereocenters. The highest BCUT2D eigenvalue weighted by molar-refractivity contribution is 5.70. The molecule has 4 atom stereocenters. The maximum absolute atomic E-state index is 12.5. The highest BCUT2D eigenvalue weighted by atomic mass is 16.6. The number of nitrogens with zero attached hydrogens (tertiary/aromatic N) is 1. The van der Waals surface area contributed by atoms with Crippen molar-refractivity contribution in [2.75, 3.05) is 20.7 Å². The molecule has 0 radical (unpaired) electrons. The van der Waals surface area contributed by atoms with Gasteiger partial charge in [-0.1, -0.05) is 64.4 Å². The Morgan fingerprint density at radius 2 is 1.71 bits per heavy atom. The summed E-state index contributed by atoms with van der Waals surface area (Å²) in [5.74, 6) is 0.190. The van der Waals surface area contributed by atoms with Gasteiger partial charge in [0.25, 0.3) is 0 Å². The number of alkyl carbamates (subject to hydrolysis) is 1. The molecule has 1 amide bonds. The molecular formula is C27H46N2O5. The van der Waals surface area contributed by atoms with E-state index in [1.807, 2.05) is 58.2 Å². The van der Waals surface area contributed by atoms with E-state index in [0.29, 0.717) is 6.54 Å². The fraction of sp³-hybridized carbons (Fsp3) is 0.704. The van der Waals surface area contributed by atoms with Crippen molar-refractivity contribution in [1.29, 1.82) is 0 Å². The first-order chi connectivity index (χ1) is 15.9. The fourth-order valence-electron chi connectivity index (χ4n) is 3.99. The van der Waals surface area contributed by atoms with Gasteiger partial charge in [0.1, 0.15) is 12.2 Å². The number of ether oxygens (including phenoxy) is 3. The first-order valence-electron chi connectivity index (χ1n) is 12.3. The fourth-order valence-corrected chi connectivity index (χ4v) is 3.99. The van der Waals surface area contributed by atoms with E-state index < -0.39 is 11.7 Å². The van der Waals surface area contributed by atoms with Gasteiger partial charge in [0.15, 0.2) is 0 Å². The standard InChI is InChI=1S/C27H46N2O5/c1-10-20(4)25(23(32-9)16-24(30)34-27(5,6)7)29(8)17-22(19(2)3)28-26(31)33-18-21-14-12-11-13-15-21/h11-15,19-20,22-23,25H,10,16-18H2,1-9H3,(H,28,31)/t20-,22+,23+,25-/m0/s1. The SMILES string of the molecule is CC[C@H](C)[C@@H]([C@@H](CC(=O)OC(C)(C)C)OC)N(C)C[C@@H](NC(=O)OCc1ccccc1)C(C)C. The highest BCUT2D eigenvalue weighted by Crippen LogP contribution is 2.23. The predicted octanol–water partition coefficient (Wildman–Crippen LogP) is 5.03. The second kappa shape index (κ2) is 14.3. The number of methoxy groups -OCH3 is 1. The smallest absolute Gasteiger partial charge is 0.407 e. The summed E-state index contributed by atoms with van der Waals surface area (Å²) in [5, 5.41) is 3.02. The van der Waals surface area contributed by atoms with Gasteiger partial charge < -0.3 is 19.5 Å². The lowest BCUT2D eigenvalue weighted by molar-refractivity contribution is -0.159. The molecule has 1 aromatic carbocycles. The van der Waals surface area contributed by atoms with Gasteiger partial charge in [-0.2, -0.15) is 0 Å². The number of rotatable bonds is 13. The first kappa shape index (κ1) is 29.9. The van der Waals surface area contributed by atoms with Crippen molar-refractivity contribution in [3.05, 3.63) is 35.9 Å². The molecule has 1 rings (SSSR count). The van der Waals surface area contributed by atoms with Crippen LogP contribution in [0, 0.1) is 11.8 Å². The molecule has 0 aliphatic heterocycles. The number of amides is 1. The Labute approximate surface area is 206 Å². The summed E-state index contributed by atoms with van der Waals surface area (Å²) in [7, 11) is 3.65. The van der Waals surface area contributed by atoms with Crippen molar-refractivity contribution in [3.8, 4) is 0 Å². The van der Waals surface area contributed by atoms with Crippen molar-refractivity contribution in [1.82, 2.24) is 10.2 Å². The Hall–Kier alpha value is -2.12. The molecule has 1 N–H and O–H groups in total. The van der Waals surface area contributed by atoms with Crippen LogP contribution in [-0.2, 0) is 25.6 Å². The van der Waals surface area contributed by atoms with Crippen LogP contribution >= 0.6 is 0 Å². The Morgan fingerprint density at radius 3 is 2.21 bits per heavy atom. The monoisotopic (exact) mass is 478 g/mol. The molecule has 0 aliphatic carbocycles. The van der Waals surface area contributed by atoms with Gasteiger partial charge in [-0.3, -0.25) is 9.69 Å². The van der Waals surface area contributed by atoms with Crippen molar-refractivity contribution in [2.45, 2.75) is 91.7 Å². The zero-order valence-electron chi connectivity index (χ0n) is 22.6. The largest absolute Gasteiger partial charge is 0.460 e. The van der Waals surface area contributed by atoms with Crippen LogP contribution in [-0.4, -0.2) is 61.5 Å². The van der Waals surface area contributed by atoms with Crippen LogP contribution in [0.25, 0.3) is 0 Å². The van der Waals surface area contributed by atoms with Crippen molar-refractivity contribution >= 4 is 12.1 Å². The molecule has 0 bridgehead atoms. The molecule has 0 spiro atoms. The third kappa shape index (κ3) is 10.9. The molecule has 0 heterocycles. The molecular weight excluding hydrogens is 432 g/mol. The highest BCUT2D eigenvalue weighted by Gasteiger charge is 2.34. The zero-order chi connectivity index (χ0) is 25.9. The minimum atomic E-state index is -0.542. The van der Waals surface area contributed by atoms with Gasteiger partial charge in [0.2, 0.25) is 0 Å². The van der Waals surface area contributed by atoms with Crippen molar-refractivity contribution in [2.24, 2.45) is 11.8 Å². The lowest BCUT2D eigenvalue weighted by Crippen LogP contribution is -2.53. The zero-order valence-corrected chi connectivity index (χ0v) is 22.6. The normalized spacial score (nSPS) is 15.5. The molecule has 7 heteroatoms. The summed E-state index contributed by atoms with van der Waals surface area (Å²) in [4.78, 5) is 27.2. The van der Waals surface area contributed by atoms with Crippen LogP contribution in [0.15, 0.2) is 30.3 Å². The number of hydrogen-bond donors (Lipinski definition) is 1. The Balaban J connectivity index is 2.86. The minimum absolute atomic E-state index is 0.0223. The molecule has 0 saturated carbocycles. The molecule has 1 aromatic rings. The molecule has 194 valence electrons. The third-order valence-electron chi connectivity index (χ3n) is 6.01. The van der Waals surface area contributed by atoms with Gasteiger partial charge in [-0.25, -0.2) is 4.79 Å². The number of hydrogen-bond acceptors (Lipinski definition) is 6. The third-order valence-corrected chi connectivity index (χ3v) is 6.01. The van der Waals surface area contributed by atoms with Gasteiger partial charge in [0, 0.05) is 25.7 Å². The molecule has 0 saturated heterocycles. The van der Waals surface area contributed by atoms with Crippen LogP contribution < -0.4 is 5.32 Å². The van der Waals surface area contributed by atoms with Gasteiger partial charge in [-0.05, 0) is 45.2 Å². The van der Waals surface area contributed by atoms with E-state index in [1.54, 1.807) is 7.11 Å². The average Bonchev–Trinajstić information content (AvgIpc) is 2.75. The van der Waals surface area contributed by atoms with Crippen molar-refractivity contribution in [3.63, 3.8) is 0 Å². The number of likely N-dealkylation sites (N-methyl/N-ethyl adjacent to an activating group) is 1. The summed E-state index contributed by atoms with van der Waals surface area (Å²) in [6.45, 7) is 14.8. The molecule has 0 aromatic heterocycles. The second-order valence-electron chi connectivity index (χ2n) is 10.4. The lowest BCUT2D eigenvalue weighted by Gasteiger charge is -2.40. The van der Waals surface area contributed by atoms with Gasteiger partial charge in [-0.15, -0.1) is 0 Å². The number of carbonyl (C=O) groups is 2. The first-order valence-corrected chi connectivity index (χ1v) is 12.3. The Morgan fingerprint density at radius 1 is 1.09 bits per heavy atom. The predicted molar refractivity (Wildman–Crippen MR) is 136 cm³/mol. The van der Waals surface area contributed by atoms with Crippen LogP contribution in [0.3, 0.4) is 0 Å². The van der Waals surface area contributed by atoms with E-state index >= 15 is 0 Å². The summed E-state index contributed by atoms with van der Waals surface area (Å²) in [5.41, 5.74) is 0.401. The lowest BCUT2D eigenvalue weighted by atomic mass is 9.90. The van der Waals surface area contributed by atoms with Crippen LogP contribution in [0.5, 0.6) is 0 Å². The quantitative estimate of drug-likeness (QED) is 0.401. The van der Waals surface area contributed by atoms with E-state index in [1.165, 1.54) is 0 Å². The second-order valence-corrected chi connectivity index (χ2v) is 10.4. The van der Waals surface area contributed by atoms with E-state index in [9.17, 15) is 9.59 Å². The molecule has 34 heavy (non-hydrogen) atoms. The summed E-state index contributed by atoms with van der Waals surface area (Å²) < 4.78 is 16.8. The molecule has 0 aliphatic rings. The van der Waals surface area contributed by atoms with E-state index in [4.69, 9.17) is 14.2 Å². The van der Waals surface area contributed by atoms with Gasteiger partial charge >= 0.3 is 12.1 Å². The Kier molecular flexibility index (Phi) is 12.6. The number of esters is 1. The van der Waals surface area contributed by atoms with Crippen LogP contribution in [0.4, 0.5) is 4.79 Å². The molecule has 7 nitrogen and oxygen atoms in total. The number of nitrogens with one attached hydrogen (secondary N) is 1.